The molecule has 9 heavy (non-hydrogen) atoms. The third kappa shape index (κ3) is 0.910. The number of nitrogens with zero attached hydrogens (tertiary/aromatic N) is 2. The molecule has 0 amide bonds. The van der Waals surface area contributed by atoms with Crippen LogP contribution in [0.25, 0.3) is 0 Å². The maximum absolute atomic E-state index is 10.6. The van der Waals surface area contributed by atoms with Crippen molar-refractivity contribution in [1.82, 2.24) is 9.66 Å². The van der Waals surface area contributed by atoms with Crippen LogP contribution in [0, 0.1) is 6.92 Å². The number of rotatable bonds is 0. The average molecular weight is 125 g/mol. The van der Waals surface area contributed by atoms with E-state index in [1.807, 2.05) is 0 Å². The largest absolute Gasteiger partial charge is 0.336 e. The van der Waals surface area contributed by atoms with Crippen molar-refractivity contribution in [3.8, 4) is 0 Å². The van der Waals surface area contributed by atoms with Gasteiger partial charge in [-0.2, -0.15) is 0 Å². The molecule has 0 saturated heterocycles. The molecule has 0 saturated carbocycles. The molecule has 0 spiro atoms. The van der Waals surface area contributed by atoms with Crippen LogP contribution in [0.5, 0.6) is 0 Å². The maximum Gasteiger partial charge on any atom is 0.287 e. The zero-order valence-electron chi connectivity index (χ0n) is 5.03. The summed E-state index contributed by atoms with van der Waals surface area (Å²) in [4.78, 5) is 14.2. The number of nitrogens with two attached hydrogens (primary N) is 1. The summed E-state index contributed by atoms with van der Waals surface area (Å²) in [6.45, 7) is 1.72. The highest BCUT2D eigenvalue weighted by Crippen LogP contribution is 1.81. The number of nitrogen functional groups attached to an aromatic ring is 1. The van der Waals surface area contributed by atoms with Crippen LogP contribution in [0.4, 0.5) is 0 Å². The van der Waals surface area contributed by atoms with E-state index in [2.05, 4.69) is 4.98 Å². The number of aryl methyl sites for hydroxylation is 1. The lowest BCUT2D eigenvalue weighted by atomic mass is 10.5. The fraction of sp³-hybridized carbons (Fsp3) is 0.200. The second-order valence-electron chi connectivity index (χ2n) is 1.76. The average Bonchev–Trinajstić information content (AvgIpc) is 1.83. The van der Waals surface area contributed by atoms with Crippen LogP contribution in [-0.2, 0) is 0 Å². The van der Waals surface area contributed by atoms with Crippen LogP contribution >= 0.6 is 0 Å². The lowest BCUT2D eigenvalue weighted by Crippen LogP contribution is -2.28. The SMILES string of the molecule is Cc1cncc(=O)n1N. The van der Waals surface area contributed by atoms with E-state index in [1.165, 1.54) is 12.4 Å². The van der Waals surface area contributed by atoms with Gasteiger partial charge in [0.15, 0.2) is 0 Å². The Bertz CT molecular complexity index is 265. The van der Waals surface area contributed by atoms with E-state index in [9.17, 15) is 4.79 Å². The van der Waals surface area contributed by atoms with Crippen LogP contribution in [-0.4, -0.2) is 9.66 Å². The van der Waals surface area contributed by atoms with E-state index in [1.54, 1.807) is 6.92 Å². The molecule has 0 atom stereocenters. The predicted octanol–water partition coefficient (Wildman–Crippen LogP) is -0.734. The topological polar surface area (TPSA) is 60.9 Å². The molecule has 1 heterocycles. The summed E-state index contributed by atoms with van der Waals surface area (Å²) in [6, 6.07) is 0. The summed E-state index contributed by atoms with van der Waals surface area (Å²) in [6.07, 6.45) is 2.70. The summed E-state index contributed by atoms with van der Waals surface area (Å²) in [5.74, 6) is 5.25. The second kappa shape index (κ2) is 1.89. The molecule has 0 fully saturated rings. The Labute approximate surface area is 51.9 Å². The monoisotopic (exact) mass is 125 g/mol. The standard InChI is InChI=1S/C5H7N3O/c1-4-2-7-3-5(9)8(4)6/h2-3H,6H2,1H3. The Hall–Kier alpha value is -1.32. The highest BCUT2D eigenvalue weighted by Gasteiger charge is 1.90. The molecule has 0 aliphatic carbocycles. The van der Waals surface area contributed by atoms with Crippen molar-refractivity contribution >= 4 is 0 Å². The molecule has 4 nitrogen and oxygen atoms in total. The van der Waals surface area contributed by atoms with Gasteiger partial charge in [0, 0.05) is 6.20 Å². The van der Waals surface area contributed by atoms with Gasteiger partial charge in [-0.3, -0.25) is 9.78 Å². The lowest BCUT2D eigenvalue weighted by molar-refractivity contribution is 0.860. The van der Waals surface area contributed by atoms with E-state index in [0.717, 1.165) is 4.68 Å². The van der Waals surface area contributed by atoms with Crippen LogP contribution in [0.3, 0.4) is 0 Å². The zero-order chi connectivity index (χ0) is 6.85. The molecule has 48 valence electrons. The molecule has 4 heteroatoms. The molecule has 1 aromatic heterocycles. The predicted molar refractivity (Wildman–Crippen MR) is 33.4 cm³/mol. The Morgan fingerprint density at radius 3 is 2.78 bits per heavy atom. The molecule has 0 unspecified atom stereocenters. The molecule has 0 aliphatic rings. The molecule has 1 rings (SSSR count). The van der Waals surface area contributed by atoms with E-state index in [-0.39, 0.29) is 5.56 Å². The highest BCUT2D eigenvalue weighted by molar-refractivity contribution is 4.94. The van der Waals surface area contributed by atoms with Crippen molar-refractivity contribution in [2.75, 3.05) is 5.84 Å². The summed E-state index contributed by atoms with van der Waals surface area (Å²) in [7, 11) is 0. The van der Waals surface area contributed by atoms with Crippen LogP contribution in [0.15, 0.2) is 17.2 Å². The first-order chi connectivity index (χ1) is 4.22. The summed E-state index contributed by atoms with van der Waals surface area (Å²) in [5.41, 5.74) is 0.373. The number of hydrogen-bond acceptors (Lipinski definition) is 3. The minimum absolute atomic E-state index is 0.282. The Kier molecular flexibility index (Phi) is 1.22. The third-order valence-corrected chi connectivity index (χ3v) is 1.06. The number of aromatic nitrogens is 2. The normalized spacial score (nSPS) is 9.44. The Balaban J connectivity index is 3.43. The van der Waals surface area contributed by atoms with Crippen molar-refractivity contribution in [2.24, 2.45) is 0 Å². The molecule has 0 aromatic carbocycles. The molecule has 0 bridgehead atoms. The van der Waals surface area contributed by atoms with E-state index < -0.39 is 0 Å². The quantitative estimate of drug-likeness (QED) is 0.465. The van der Waals surface area contributed by atoms with Crippen LogP contribution < -0.4 is 11.4 Å². The van der Waals surface area contributed by atoms with Gasteiger partial charge in [-0.15, -0.1) is 0 Å². The fourth-order valence-corrected chi connectivity index (χ4v) is 0.507. The molecular formula is C5H7N3O. The van der Waals surface area contributed by atoms with Gasteiger partial charge in [-0.1, -0.05) is 0 Å². The fourth-order valence-electron chi connectivity index (χ4n) is 0.507. The number of hydrogen-bond donors (Lipinski definition) is 1. The second-order valence-corrected chi connectivity index (χ2v) is 1.76. The summed E-state index contributed by atoms with van der Waals surface area (Å²) in [5, 5.41) is 0. The van der Waals surface area contributed by atoms with Gasteiger partial charge in [0.25, 0.3) is 5.56 Å². The van der Waals surface area contributed by atoms with Crippen molar-refractivity contribution < 1.29 is 0 Å². The van der Waals surface area contributed by atoms with Gasteiger partial charge < -0.3 is 5.84 Å². The van der Waals surface area contributed by atoms with Gasteiger partial charge >= 0.3 is 0 Å². The minimum atomic E-state index is -0.282. The summed E-state index contributed by atoms with van der Waals surface area (Å²) < 4.78 is 1.05. The van der Waals surface area contributed by atoms with Gasteiger partial charge in [0.1, 0.15) is 0 Å². The van der Waals surface area contributed by atoms with Gasteiger partial charge in [0.05, 0.1) is 11.9 Å². The van der Waals surface area contributed by atoms with Crippen molar-refractivity contribution in [3.63, 3.8) is 0 Å². The van der Waals surface area contributed by atoms with Crippen LogP contribution in [0.2, 0.25) is 0 Å². The maximum atomic E-state index is 10.6. The van der Waals surface area contributed by atoms with Crippen molar-refractivity contribution in [3.05, 3.63) is 28.4 Å². The molecule has 2 N–H and O–H groups in total. The van der Waals surface area contributed by atoms with Gasteiger partial charge in [-0.05, 0) is 6.92 Å². The first-order valence-electron chi connectivity index (χ1n) is 2.50. The van der Waals surface area contributed by atoms with Crippen LogP contribution in [0.1, 0.15) is 5.69 Å². The lowest BCUT2D eigenvalue weighted by Gasteiger charge is -1.97. The molecule has 1 aromatic rings. The molecule has 0 aliphatic heterocycles. The Morgan fingerprint density at radius 1 is 1.67 bits per heavy atom. The third-order valence-electron chi connectivity index (χ3n) is 1.06. The van der Waals surface area contributed by atoms with E-state index >= 15 is 0 Å². The summed E-state index contributed by atoms with van der Waals surface area (Å²) >= 11 is 0. The van der Waals surface area contributed by atoms with Gasteiger partial charge in [0.2, 0.25) is 0 Å². The minimum Gasteiger partial charge on any atom is -0.336 e. The first-order valence-corrected chi connectivity index (χ1v) is 2.50. The van der Waals surface area contributed by atoms with Crippen molar-refractivity contribution in [2.45, 2.75) is 6.92 Å². The van der Waals surface area contributed by atoms with Crippen molar-refractivity contribution in [1.29, 1.82) is 0 Å². The highest BCUT2D eigenvalue weighted by atomic mass is 16.1. The smallest absolute Gasteiger partial charge is 0.287 e. The first kappa shape index (κ1) is 5.81. The zero-order valence-corrected chi connectivity index (χ0v) is 5.03. The molecular weight excluding hydrogens is 118 g/mol. The Morgan fingerprint density at radius 2 is 2.33 bits per heavy atom. The van der Waals surface area contributed by atoms with E-state index in [4.69, 9.17) is 5.84 Å². The van der Waals surface area contributed by atoms with E-state index in [0.29, 0.717) is 5.69 Å². The van der Waals surface area contributed by atoms with Gasteiger partial charge in [-0.25, -0.2) is 4.68 Å². The molecule has 0 radical (unpaired) electrons.